The van der Waals surface area contributed by atoms with E-state index in [-0.39, 0.29) is 18.0 Å². The van der Waals surface area contributed by atoms with Crippen LogP contribution in [0.25, 0.3) is 15.5 Å². The van der Waals surface area contributed by atoms with Gasteiger partial charge >= 0.3 is 0 Å². The Balaban J connectivity index is 1.59. The minimum absolute atomic E-state index is 0.179. The first-order valence-electron chi connectivity index (χ1n) is 7.99. The van der Waals surface area contributed by atoms with Crippen LogP contribution >= 0.6 is 11.3 Å². The fraction of sp³-hybridized carbons (Fsp3) is 0.0526. The number of hydrogen-bond donors (Lipinski definition) is 1. The molecule has 0 aliphatic carbocycles. The first-order valence-corrected chi connectivity index (χ1v) is 8.81. The zero-order valence-electron chi connectivity index (χ0n) is 13.6. The number of aromatic nitrogens is 3. The van der Waals surface area contributed by atoms with Crippen molar-refractivity contribution < 1.29 is 4.79 Å². The lowest BCUT2D eigenvalue weighted by atomic mass is 10.2. The summed E-state index contributed by atoms with van der Waals surface area (Å²) in [4.78, 5) is 29.4. The van der Waals surface area contributed by atoms with Gasteiger partial charge in [0.1, 0.15) is 5.01 Å². The van der Waals surface area contributed by atoms with Crippen LogP contribution in [0.2, 0.25) is 0 Å². The van der Waals surface area contributed by atoms with Gasteiger partial charge in [-0.25, -0.2) is 4.98 Å². The normalized spacial score (nSPS) is 10.8. The maximum absolute atomic E-state index is 12.3. The number of amides is 1. The molecule has 0 atom stereocenters. The predicted molar refractivity (Wildman–Crippen MR) is 100 cm³/mol. The minimum Gasteiger partial charge on any atom is -0.346 e. The highest BCUT2D eigenvalue weighted by Crippen LogP contribution is 2.23. The summed E-state index contributed by atoms with van der Waals surface area (Å²) in [5, 5.41) is 7.84. The summed E-state index contributed by atoms with van der Waals surface area (Å²) in [6.07, 6.45) is 0. The molecule has 1 N–H and O–H groups in total. The van der Waals surface area contributed by atoms with Crippen LogP contribution in [0.1, 0.15) is 16.1 Å². The quantitative estimate of drug-likeness (QED) is 0.606. The van der Waals surface area contributed by atoms with Gasteiger partial charge in [0.2, 0.25) is 4.96 Å². The monoisotopic (exact) mass is 362 g/mol. The molecule has 4 rings (SSSR count). The van der Waals surface area contributed by atoms with E-state index in [1.54, 1.807) is 24.3 Å². The van der Waals surface area contributed by atoms with Gasteiger partial charge in [-0.1, -0.05) is 59.9 Å². The van der Waals surface area contributed by atoms with Gasteiger partial charge in [-0.2, -0.15) is 9.61 Å². The number of fused-ring (bicyclic) bond motifs is 1. The molecule has 6 nitrogen and oxygen atoms in total. The molecule has 1 amide bonds. The summed E-state index contributed by atoms with van der Waals surface area (Å²) in [5.41, 5.74) is 1.73. The zero-order valence-corrected chi connectivity index (χ0v) is 14.4. The van der Waals surface area contributed by atoms with Crippen molar-refractivity contribution in [3.05, 3.63) is 88.3 Å². The van der Waals surface area contributed by atoms with Crippen molar-refractivity contribution in [3.8, 4) is 10.6 Å². The molecule has 128 valence electrons. The fourth-order valence-electron chi connectivity index (χ4n) is 2.51. The summed E-state index contributed by atoms with van der Waals surface area (Å²) >= 11 is 1.34. The van der Waals surface area contributed by atoms with E-state index in [1.807, 2.05) is 36.4 Å². The van der Waals surface area contributed by atoms with Crippen molar-refractivity contribution in [2.75, 3.05) is 0 Å². The van der Waals surface area contributed by atoms with E-state index in [0.717, 1.165) is 10.6 Å². The molecule has 4 aromatic rings. The molecular formula is C19H14N4O2S. The predicted octanol–water partition coefficient (Wildman–Crippen LogP) is 2.75. The van der Waals surface area contributed by atoms with Gasteiger partial charge in [-0.05, 0) is 12.1 Å². The second-order valence-electron chi connectivity index (χ2n) is 5.60. The van der Waals surface area contributed by atoms with Crippen LogP contribution in [0, 0.1) is 0 Å². The number of carbonyl (C=O) groups excluding carboxylic acids is 1. The van der Waals surface area contributed by atoms with Crippen molar-refractivity contribution in [2.45, 2.75) is 6.54 Å². The third-order valence-corrected chi connectivity index (χ3v) is 4.74. The number of hydrogen-bond acceptors (Lipinski definition) is 5. The minimum atomic E-state index is -0.266. The second kappa shape index (κ2) is 6.89. The van der Waals surface area contributed by atoms with E-state index in [0.29, 0.717) is 16.2 Å². The largest absolute Gasteiger partial charge is 0.346 e. The number of nitrogens with zero attached hydrogens (tertiary/aromatic N) is 3. The van der Waals surface area contributed by atoms with Gasteiger partial charge in [0.15, 0.2) is 0 Å². The number of nitrogens with one attached hydrogen (secondary N) is 1. The molecule has 0 bridgehead atoms. The summed E-state index contributed by atoms with van der Waals surface area (Å²) in [6.45, 7) is 0.179. The van der Waals surface area contributed by atoms with Gasteiger partial charge in [-0.15, -0.1) is 0 Å². The zero-order chi connectivity index (χ0) is 17.9. The lowest BCUT2D eigenvalue weighted by Gasteiger charge is -2.04. The van der Waals surface area contributed by atoms with Crippen molar-refractivity contribution in [1.82, 2.24) is 19.9 Å². The smallest absolute Gasteiger partial charge is 0.275 e. The second-order valence-corrected chi connectivity index (χ2v) is 6.56. The molecule has 2 aromatic carbocycles. The molecule has 0 spiro atoms. The average Bonchev–Trinajstić information content (AvgIpc) is 3.12. The first kappa shape index (κ1) is 16.2. The van der Waals surface area contributed by atoms with Crippen LogP contribution in [0.3, 0.4) is 0 Å². The van der Waals surface area contributed by atoms with Crippen LogP contribution in [0.4, 0.5) is 0 Å². The van der Waals surface area contributed by atoms with E-state index >= 15 is 0 Å². The van der Waals surface area contributed by atoms with Gasteiger partial charge in [0.25, 0.3) is 11.5 Å². The van der Waals surface area contributed by atoms with Crippen LogP contribution in [-0.4, -0.2) is 20.5 Å². The Bertz CT molecular complexity index is 1120. The van der Waals surface area contributed by atoms with Gasteiger partial charge in [0, 0.05) is 17.2 Å². The van der Waals surface area contributed by atoms with Crippen LogP contribution in [0.15, 0.2) is 71.5 Å². The molecule has 0 unspecified atom stereocenters. The van der Waals surface area contributed by atoms with E-state index in [4.69, 9.17) is 0 Å². The lowest BCUT2D eigenvalue weighted by molar-refractivity contribution is 0.0950. The fourth-order valence-corrected chi connectivity index (χ4v) is 3.44. The Hall–Kier alpha value is -3.32. The molecule has 0 fully saturated rings. The molecule has 2 aromatic heterocycles. The summed E-state index contributed by atoms with van der Waals surface area (Å²) in [7, 11) is 0. The van der Waals surface area contributed by atoms with Gasteiger partial charge < -0.3 is 5.32 Å². The Kier molecular flexibility index (Phi) is 4.28. The van der Waals surface area contributed by atoms with E-state index in [2.05, 4.69) is 15.4 Å². The molecule has 0 radical (unpaired) electrons. The van der Waals surface area contributed by atoms with Crippen molar-refractivity contribution >= 4 is 22.2 Å². The Morgan fingerprint density at radius 3 is 2.46 bits per heavy atom. The highest BCUT2D eigenvalue weighted by molar-refractivity contribution is 7.19. The molecular weight excluding hydrogens is 348 g/mol. The molecule has 26 heavy (non-hydrogen) atoms. The Morgan fingerprint density at radius 2 is 1.73 bits per heavy atom. The highest BCUT2D eigenvalue weighted by atomic mass is 32.1. The third kappa shape index (κ3) is 3.25. The summed E-state index contributed by atoms with van der Waals surface area (Å²) in [6, 6.07) is 19.9. The van der Waals surface area contributed by atoms with Crippen molar-refractivity contribution in [2.24, 2.45) is 0 Å². The van der Waals surface area contributed by atoms with Crippen LogP contribution < -0.4 is 10.9 Å². The van der Waals surface area contributed by atoms with Crippen molar-refractivity contribution in [3.63, 3.8) is 0 Å². The highest BCUT2D eigenvalue weighted by Gasteiger charge is 2.11. The molecule has 0 aliphatic rings. The first-order chi connectivity index (χ1) is 12.7. The Morgan fingerprint density at radius 1 is 1.04 bits per heavy atom. The summed E-state index contributed by atoms with van der Waals surface area (Å²) in [5.74, 6) is -0.207. The van der Waals surface area contributed by atoms with Crippen molar-refractivity contribution in [1.29, 1.82) is 0 Å². The lowest BCUT2D eigenvalue weighted by Crippen LogP contribution is -2.25. The molecule has 0 saturated heterocycles. The maximum Gasteiger partial charge on any atom is 0.275 e. The number of carbonyl (C=O) groups is 1. The molecule has 0 saturated carbocycles. The summed E-state index contributed by atoms with van der Waals surface area (Å²) < 4.78 is 1.29. The van der Waals surface area contributed by atoms with Crippen LogP contribution in [0.5, 0.6) is 0 Å². The van der Waals surface area contributed by atoms with Gasteiger partial charge in [-0.3, -0.25) is 9.59 Å². The standard InChI is InChI=1S/C19H14N4O2S/c24-16-11-15(12-20-17(25)13-7-3-1-4-8-13)21-19-23(16)22-18(26-19)14-9-5-2-6-10-14/h1-11H,12H2,(H,20,25). The van der Waals surface area contributed by atoms with Crippen LogP contribution in [-0.2, 0) is 6.54 Å². The van der Waals surface area contributed by atoms with E-state index < -0.39 is 0 Å². The third-order valence-electron chi connectivity index (χ3n) is 3.78. The van der Waals surface area contributed by atoms with E-state index in [1.165, 1.54) is 21.9 Å². The molecule has 0 aliphatic heterocycles. The van der Waals surface area contributed by atoms with E-state index in [9.17, 15) is 9.59 Å². The molecule has 2 heterocycles. The average molecular weight is 362 g/mol. The topological polar surface area (TPSA) is 76.4 Å². The molecule has 7 heteroatoms. The van der Waals surface area contributed by atoms with Gasteiger partial charge in [0.05, 0.1) is 12.2 Å². The number of rotatable bonds is 4. The maximum atomic E-state index is 12.3. The SMILES string of the molecule is O=C(NCc1cc(=O)n2nc(-c3ccccc3)sc2n1)c1ccccc1. The Labute approximate surface area is 152 Å². The number of benzene rings is 2.